The highest BCUT2D eigenvalue weighted by molar-refractivity contribution is 7.52. The normalized spacial score (nSPS) is 22.8. The molecule has 21 heteroatoms. The standard InChI is InChI=1S/C32H42N6O13P2/c1-19(2)29(39)48-26-25(23-13-14-24-28(34)35-17-37(38(23)24)18-47-52(7,42)43)50-32(15-33,27(26)49-30(40)20(3)4)16-46-53(44,36-21(5)31(41)45-6)51-22-11-9-8-10-12-22/h8-14,17,19-21,25-27,34H,16,18H2,1-7H3,(H,36,44)(H,42,43)/t21-,25-,26-,27-,32+,53-/m0/s1. The van der Waals surface area contributed by atoms with Crippen LogP contribution in [0, 0.1) is 28.6 Å². The number of nitrogens with one attached hydrogen (secondary N) is 2. The number of hydrogen-bond donors (Lipinski definition) is 3. The average molecular weight is 781 g/mol. The third-order valence-electron chi connectivity index (χ3n) is 7.77. The number of carbonyl (C=O) groups excluding carboxylic acids is 3. The quantitative estimate of drug-likeness (QED) is 0.107. The van der Waals surface area contributed by atoms with Gasteiger partial charge in [0, 0.05) is 6.66 Å². The van der Waals surface area contributed by atoms with E-state index >= 15 is 0 Å². The van der Waals surface area contributed by atoms with Crippen LogP contribution < -0.4 is 15.1 Å². The lowest BCUT2D eigenvalue weighted by Gasteiger charge is -2.31. The van der Waals surface area contributed by atoms with E-state index in [1.54, 1.807) is 32.0 Å². The first-order valence-electron chi connectivity index (χ1n) is 16.2. The second kappa shape index (κ2) is 16.7. The van der Waals surface area contributed by atoms with Crippen LogP contribution in [-0.4, -0.2) is 81.2 Å². The van der Waals surface area contributed by atoms with Crippen LogP contribution in [0.3, 0.4) is 0 Å². The Hall–Kier alpha value is -4.40. The summed E-state index contributed by atoms with van der Waals surface area (Å²) in [5.41, 5.74) is -2.35. The van der Waals surface area contributed by atoms with Crippen molar-refractivity contribution >= 4 is 38.8 Å². The first-order chi connectivity index (χ1) is 24.8. The minimum absolute atomic E-state index is 0.0638. The topological polar surface area (TPSA) is 252 Å². The number of rotatable bonds is 16. The SMILES string of the molecule is COC(=O)[C@H](C)N[P@](=O)(OC[C@@]1(C#N)O[C@@H](c2ccc3c(=N)ncn(COP(C)(=O)O)n23)[C@H](OC(=O)C(C)C)[C@@H]1OC(=O)C(C)C)Oc1ccccc1. The summed E-state index contributed by atoms with van der Waals surface area (Å²) < 4.78 is 68.5. The largest absolute Gasteiger partial charge is 0.468 e. The molecule has 0 radical (unpaired) electrons. The van der Waals surface area contributed by atoms with Gasteiger partial charge in [0.25, 0.3) is 0 Å². The van der Waals surface area contributed by atoms with Crippen molar-refractivity contribution in [1.29, 1.82) is 10.7 Å². The molecule has 0 spiro atoms. The van der Waals surface area contributed by atoms with Crippen molar-refractivity contribution in [1.82, 2.24) is 19.3 Å². The Morgan fingerprint density at radius 1 is 1.04 bits per heavy atom. The Balaban J connectivity index is 1.88. The number of carbonyl (C=O) groups is 3. The number of esters is 3. The van der Waals surface area contributed by atoms with Crippen LogP contribution in [0.1, 0.15) is 46.4 Å². The molecule has 53 heavy (non-hydrogen) atoms. The Bertz CT molecular complexity index is 2010. The molecule has 0 aliphatic carbocycles. The number of methoxy groups -OCH3 is 1. The molecule has 19 nitrogen and oxygen atoms in total. The van der Waals surface area contributed by atoms with Crippen molar-refractivity contribution in [3.8, 4) is 11.8 Å². The molecule has 2 aromatic heterocycles. The molecule has 1 aliphatic rings. The zero-order chi connectivity index (χ0) is 39.3. The summed E-state index contributed by atoms with van der Waals surface area (Å²) in [7, 11) is -7.50. The highest BCUT2D eigenvalue weighted by Crippen LogP contribution is 2.50. The van der Waals surface area contributed by atoms with E-state index in [2.05, 4.69) is 10.1 Å². The van der Waals surface area contributed by atoms with E-state index in [-0.39, 0.29) is 22.4 Å². The summed E-state index contributed by atoms with van der Waals surface area (Å²) in [5, 5.41) is 21.7. The maximum absolute atomic E-state index is 14.3. The summed E-state index contributed by atoms with van der Waals surface area (Å²) >= 11 is 0. The van der Waals surface area contributed by atoms with Crippen molar-refractivity contribution < 1.29 is 60.9 Å². The molecule has 3 heterocycles. The van der Waals surface area contributed by atoms with Crippen LogP contribution >= 0.6 is 15.3 Å². The second-order valence-corrected chi connectivity index (χ2v) is 16.3. The third-order valence-corrected chi connectivity index (χ3v) is 9.99. The first kappa shape index (κ1) is 41.4. The molecule has 0 saturated carbocycles. The van der Waals surface area contributed by atoms with Gasteiger partial charge in [-0.05, 0) is 31.2 Å². The fourth-order valence-electron chi connectivity index (χ4n) is 5.05. The fraction of sp³-hybridized carbons (Fsp3) is 0.500. The van der Waals surface area contributed by atoms with Gasteiger partial charge in [0.2, 0.25) is 5.60 Å². The highest BCUT2D eigenvalue weighted by atomic mass is 31.2. The Labute approximate surface area is 304 Å². The zero-order valence-electron chi connectivity index (χ0n) is 30.0. The molecule has 7 atom stereocenters. The molecule has 0 bridgehead atoms. The van der Waals surface area contributed by atoms with E-state index in [0.29, 0.717) is 0 Å². The molecule has 1 aromatic carbocycles. The predicted octanol–water partition coefficient (Wildman–Crippen LogP) is 3.23. The van der Waals surface area contributed by atoms with E-state index in [4.69, 9.17) is 37.9 Å². The smallest absolute Gasteiger partial charge is 0.459 e. The van der Waals surface area contributed by atoms with E-state index in [9.17, 15) is 33.7 Å². The van der Waals surface area contributed by atoms with Crippen molar-refractivity contribution in [2.45, 2.75) is 71.3 Å². The highest BCUT2D eigenvalue weighted by Gasteiger charge is 2.62. The summed E-state index contributed by atoms with van der Waals surface area (Å²) in [5.74, 6) is -3.77. The van der Waals surface area contributed by atoms with Crippen molar-refractivity contribution in [2.75, 3.05) is 20.4 Å². The van der Waals surface area contributed by atoms with Gasteiger partial charge in [-0.25, -0.2) is 18.7 Å². The summed E-state index contributed by atoms with van der Waals surface area (Å²) in [6, 6.07) is 11.5. The predicted molar refractivity (Wildman–Crippen MR) is 183 cm³/mol. The van der Waals surface area contributed by atoms with Gasteiger partial charge in [-0.15, -0.1) is 0 Å². The molecule has 4 rings (SSSR count). The van der Waals surface area contributed by atoms with Crippen molar-refractivity contribution in [3.05, 3.63) is 60.0 Å². The number of para-hydroxylation sites is 1. The Morgan fingerprint density at radius 2 is 1.68 bits per heavy atom. The van der Waals surface area contributed by atoms with E-state index < -0.39 is 88.4 Å². The van der Waals surface area contributed by atoms with Crippen molar-refractivity contribution in [2.24, 2.45) is 11.8 Å². The summed E-state index contributed by atoms with van der Waals surface area (Å²) in [6.45, 7) is 7.02. The fourth-order valence-corrected chi connectivity index (χ4v) is 6.91. The molecule has 288 valence electrons. The summed E-state index contributed by atoms with van der Waals surface area (Å²) in [6.07, 6.45) is -3.63. The molecule has 0 amide bonds. The lowest BCUT2D eigenvalue weighted by Crippen LogP contribution is -2.50. The number of nitrogens with zero attached hydrogens (tertiary/aromatic N) is 4. The average Bonchev–Trinajstić information content (AvgIpc) is 3.67. The number of hydrogen-bond acceptors (Lipinski definition) is 15. The molecule has 3 aromatic rings. The van der Waals surface area contributed by atoms with Crippen LogP contribution in [0.4, 0.5) is 0 Å². The molecule has 1 fully saturated rings. The van der Waals surface area contributed by atoms with Crippen LogP contribution in [0.2, 0.25) is 0 Å². The first-order valence-corrected chi connectivity index (χ1v) is 19.8. The Morgan fingerprint density at radius 3 is 2.26 bits per heavy atom. The number of ether oxygens (including phenoxy) is 4. The minimum atomic E-state index is -4.61. The molecular weight excluding hydrogens is 738 g/mol. The number of nitriles is 1. The molecule has 3 N–H and O–H groups in total. The van der Waals surface area contributed by atoms with E-state index in [1.807, 2.05) is 6.07 Å². The molecular formula is C32H42N6O13P2. The van der Waals surface area contributed by atoms with Crippen LogP contribution in [0.5, 0.6) is 5.75 Å². The molecule has 1 aliphatic heterocycles. The minimum Gasteiger partial charge on any atom is -0.468 e. The third kappa shape index (κ3) is 9.78. The van der Waals surface area contributed by atoms with Gasteiger partial charge in [0.15, 0.2) is 17.7 Å². The lowest BCUT2D eigenvalue weighted by molar-refractivity contribution is -0.173. The maximum atomic E-state index is 14.3. The van der Waals surface area contributed by atoms with E-state index in [0.717, 1.165) is 20.1 Å². The zero-order valence-corrected chi connectivity index (χ0v) is 31.8. The molecule has 1 saturated heterocycles. The van der Waals surface area contributed by atoms with Gasteiger partial charge in [-0.3, -0.25) is 33.4 Å². The van der Waals surface area contributed by atoms with Gasteiger partial charge >= 0.3 is 33.3 Å². The van der Waals surface area contributed by atoms with Gasteiger partial charge in [-0.2, -0.15) is 10.3 Å². The van der Waals surface area contributed by atoms with Crippen LogP contribution in [-0.2, 0) is 58.2 Å². The van der Waals surface area contributed by atoms with Crippen LogP contribution in [0.15, 0.2) is 48.8 Å². The number of benzene rings is 1. The number of fused-ring (bicyclic) bond motifs is 1. The summed E-state index contributed by atoms with van der Waals surface area (Å²) in [4.78, 5) is 52.6. The maximum Gasteiger partial charge on any atom is 0.459 e. The monoisotopic (exact) mass is 780 g/mol. The van der Waals surface area contributed by atoms with Crippen LogP contribution in [0.25, 0.3) is 5.52 Å². The van der Waals surface area contributed by atoms with Gasteiger partial charge in [-0.1, -0.05) is 45.9 Å². The van der Waals surface area contributed by atoms with Gasteiger partial charge in [0.05, 0.1) is 24.6 Å². The lowest BCUT2D eigenvalue weighted by atomic mass is 9.95. The van der Waals surface area contributed by atoms with Gasteiger partial charge < -0.3 is 28.4 Å². The molecule has 1 unspecified atom stereocenters. The van der Waals surface area contributed by atoms with Gasteiger partial charge in [0.1, 0.15) is 49.1 Å². The Kier molecular flexibility index (Phi) is 13.1. The number of aromatic nitrogens is 3. The van der Waals surface area contributed by atoms with Crippen molar-refractivity contribution in [3.63, 3.8) is 0 Å². The second-order valence-electron chi connectivity index (χ2n) is 12.7. The van der Waals surface area contributed by atoms with E-state index in [1.165, 1.54) is 54.2 Å².